The third-order valence-corrected chi connectivity index (χ3v) is 3.45. The van der Waals surface area contributed by atoms with Crippen LogP contribution < -0.4 is 4.74 Å². The standard InChI is InChI=1S/C15H11BrO/c16-10-12-9-11-5-1-3-7-14(11)17-15-8-4-2-6-13(12)15/h1-9H,10H2. The minimum atomic E-state index is 0.821. The Morgan fingerprint density at radius 3 is 2.41 bits per heavy atom. The number of hydrogen-bond acceptors (Lipinski definition) is 1. The molecule has 1 aliphatic rings. The van der Waals surface area contributed by atoms with Crippen LogP contribution in [-0.2, 0) is 0 Å². The van der Waals surface area contributed by atoms with Gasteiger partial charge in [0.15, 0.2) is 0 Å². The fourth-order valence-corrected chi connectivity index (χ4v) is 2.47. The van der Waals surface area contributed by atoms with Crippen LogP contribution in [0.4, 0.5) is 0 Å². The zero-order valence-electron chi connectivity index (χ0n) is 9.19. The predicted octanol–water partition coefficient (Wildman–Crippen LogP) is 4.73. The van der Waals surface area contributed by atoms with Crippen molar-refractivity contribution in [3.05, 3.63) is 59.7 Å². The number of rotatable bonds is 1. The van der Waals surface area contributed by atoms with Crippen LogP contribution in [-0.4, -0.2) is 5.33 Å². The summed E-state index contributed by atoms with van der Waals surface area (Å²) in [5, 5.41) is 0.821. The third-order valence-electron chi connectivity index (χ3n) is 2.85. The molecule has 17 heavy (non-hydrogen) atoms. The summed E-state index contributed by atoms with van der Waals surface area (Å²) in [7, 11) is 0. The van der Waals surface area contributed by atoms with Crippen molar-refractivity contribution in [2.24, 2.45) is 0 Å². The Labute approximate surface area is 109 Å². The van der Waals surface area contributed by atoms with E-state index in [9.17, 15) is 0 Å². The minimum absolute atomic E-state index is 0.821. The summed E-state index contributed by atoms with van der Waals surface area (Å²) in [6.45, 7) is 0. The molecule has 3 rings (SSSR count). The summed E-state index contributed by atoms with van der Waals surface area (Å²) in [5.74, 6) is 1.83. The van der Waals surface area contributed by atoms with Crippen molar-refractivity contribution in [2.75, 3.05) is 5.33 Å². The van der Waals surface area contributed by atoms with Gasteiger partial charge >= 0.3 is 0 Å². The van der Waals surface area contributed by atoms with Crippen LogP contribution in [0.25, 0.3) is 11.6 Å². The van der Waals surface area contributed by atoms with E-state index in [2.05, 4.69) is 34.1 Å². The molecule has 0 saturated carbocycles. The van der Waals surface area contributed by atoms with Crippen molar-refractivity contribution in [1.29, 1.82) is 0 Å². The number of para-hydroxylation sites is 2. The summed E-state index contributed by atoms with van der Waals surface area (Å²) in [6.07, 6.45) is 2.18. The zero-order chi connectivity index (χ0) is 11.7. The van der Waals surface area contributed by atoms with E-state index in [1.807, 2.05) is 36.4 Å². The van der Waals surface area contributed by atoms with E-state index in [1.165, 1.54) is 5.57 Å². The normalized spacial score (nSPS) is 12.9. The van der Waals surface area contributed by atoms with Gasteiger partial charge in [0.2, 0.25) is 0 Å². The quantitative estimate of drug-likeness (QED) is 0.689. The Hall–Kier alpha value is -1.54. The second kappa shape index (κ2) is 4.38. The average molecular weight is 287 g/mol. The van der Waals surface area contributed by atoms with E-state index in [4.69, 9.17) is 4.74 Å². The van der Waals surface area contributed by atoms with Gasteiger partial charge in [0, 0.05) is 16.5 Å². The van der Waals surface area contributed by atoms with Crippen molar-refractivity contribution in [3.63, 3.8) is 0 Å². The van der Waals surface area contributed by atoms with Crippen molar-refractivity contribution >= 4 is 27.6 Å². The molecular weight excluding hydrogens is 276 g/mol. The van der Waals surface area contributed by atoms with Crippen LogP contribution in [0.3, 0.4) is 0 Å². The van der Waals surface area contributed by atoms with E-state index >= 15 is 0 Å². The van der Waals surface area contributed by atoms with Crippen molar-refractivity contribution in [1.82, 2.24) is 0 Å². The molecule has 0 fully saturated rings. The summed E-state index contributed by atoms with van der Waals surface area (Å²) >= 11 is 3.54. The predicted molar refractivity (Wildman–Crippen MR) is 74.6 cm³/mol. The Morgan fingerprint density at radius 1 is 0.882 bits per heavy atom. The van der Waals surface area contributed by atoms with E-state index in [-0.39, 0.29) is 0 Å². The Balaban J connectivity index is 2.24. The molecular formula is C15H11BrO. The first kappa shape index (κ1) is 10.6. The molecule has 2 aromatic carbocycles. The van der Waals surface area contributed by atoms with Gasteiger partial charge in [-0.3, -0.25) is 0 Å². The molecule has 0 bridgehead atoms. The maximum Gasteiger partial charge on any atom is 0.134 e. The second-order valence-corrected chi connectivity index (χ2v) is 4.50. The van der Waals surface area contributed by atoms with Gasteiger partial charge in [-0.05, 0) is 23.8 Å². The SMILES string of the molecule is BrCC1=Cc2ccccc2Oc2ccccc21. The highest BCUT2D eigenvalue weighted by Gasteiger charge is 2.14. The third kappa shape index (κ3) is 1.89. The number of benzene rings is 2. The van der Waals surface area contributed by atoms with E-state index in [0.717, 1.165) is 28.0 Å². The summed E-state index contributed by atoms with van der Waals surface area (Å²) in [4.78, 5) is 0. The second-order valence-electron chi connectivity index (χ2n) is 3.94. The van der Waals surface area contributed by atoms with E-state index in [0.29, 0.717) is 0 Å². The van der Waals surface area contributed by atoms with Crippen LogP contribution in [0, 0.1) is 0 Å². The molecule has 2 heteroatoms. The van der Waals surface area contributed by atoms with Gasteiger partial charge in [-0.1, -0.05) is 52.3 Å². The number of ether oxygens (including phenoxy) is 1. The molecule has 0 N–H and O–H groups in total. The lowest BCUT2D eigenvalue weighted by Gasteiger charge is -2.09. The van der Waals surface area contributed by atoms with Crippen LogP contribution in [0.5, 0.6) is 11.5 Å². The topological polar surface area (TPSA) is 9.23 Å². The fraction of sp³-hybridized carbons (Fsp3) is 0.0667. The molecule has 0 spiro atoms. The number of fused-ring (bicyclic) bond motifs is 2. The molecule has 0 amide bonds. The van der Waals surface area contributed by atoms with Gasteiger partial charge in [-0.25, -0.2) is 0 Å². The Bertz CT molecular complexity index is 587. The molecule has 0 unspecified atom stereocenters. The largest absolute Gasteiger partial charge is 0.456 e. The van der Waals surface area contributed by atoms with Gasteiger partial charge in [0.1, 0.15) is 11.5 Å². The highest BCUT2D eigenvalue weighted by molar-refractivity contribution is 9.09. The van der Waals surface area contributed by atoms with Crippen LogP contribution >= 0.6 is 15.9 Å². The molecule has 2 aromatic rings. The molecule has 0 saturated heterocycles. The lowest BCUT2D eigenvalue weighted by molar-refractivity contribution is 0.481. The van der Waals surface area contributed by atoms with Crippen molar-refractivity contribution in [2.45, 2.75) is 0 Å². The molecule has 0 aromatic heterocycles. The molecule has 1 nitrogen and oxygen atoms in total. The number of hydrogen-bond donors (Lipinski definition) is 0. The highest BCUT2D eigenvalue weighted by atomic mass is 79.9. The summed E-state index contributed by atoms with van der Waals surface area (Å²) in [5.41, 5.74) is 3.52. The minimum Gasteiger partial charge on any atom is -0.456 e. The van der Waals surface area contributed by atoms with Gasteiger partial charge in [-0.15, -0.1) is 0 Å². The first-order valence-corrected chi connectivity index (χ1v) is 6.63. The highest BCUT2D eigenvalue weighted by Crippen LogP contribution is 2.38. The van der Waals surface area contributed by atoms with Gasteiger partial charge in [-0.2, -0.15) is 0 Å². The lowest BCUT2D eigenvalue weighted by Crippen LogP contribution is -1.89. The van der Waals surface area contributed by atoms with Crippen LogP contribution in [0.2, 0.25) is 0 Å². The molecule has 1 heterocycles. The Kier molecular flexibility index (Phi) is 2.73. The molecule has 1 aliphatic heterocycles. The molecule has 0 aliphatic carbocycles. The lowest BCUT2D eigenvalue weighted by atomic mass is 10.0. The number of halogens is 1. The maximum absolute atomic E-state index is 5.96. The van der Waals surface area contributed by atoms with Gasteiger partial charge in [0.05, 0.1) is 0 Å². The van der Waals surface area contributed by atoms with E-state index < -0.39 is 0 Å². The first-order chi connectivity index (χ1) is 8.38. The maximum atomic E-state index is 5.96. The van der Waals surface area contributed by atoms with Crippen LogP contribution in [0.1, 0.15) is 11.1 Å². The molecule has 84 valence electrons. The zero-order valence-corrected chi connectivity index (χ0v) is 10.8. The van der Waals surface area contributed by atoms with Crippen molar-refractivity contribution in [3.8, 4) is 11.5 Å². The fourth-order valence-electron chi connectivity index (χ4n) is 2.01. The number of allylic oxidation sites excluding steroid dienone is 1. The van der Waals surface area contributed by atoms with Gasteiger partial charge < -0.3 is 4.74 Å². The summed E-state index contributed by atoms with van der Waals surface area (Å²) < 4.78 is 5.96. The monoisotopic (exact) mass is 286 g/mol. The summed E-state index contributed by atoms with van der Waals surface area (Å²) in [6, 6.07) is 16.2. The van der Waals surface area contributed by atoms with Gasteiger partial charge in [0.25, 0.3) is 0 Å². The average Bonchev–Trinajstić information content (AvgIpc) is 2.54. The Morgan fingerprint density at radius 2 is 1.59 bits per heavy atom. The molecule has 0 radical (unpaired) electrons. The van der Waals surface area contributed by atoms with E-state index in [1.54, 1.807) is 0 Å². The molecule has 0 atom stereocenters. The van der Waals surface area contributed by atoms with Crippen LogP contribution in [0.15, 0.2) is 48.5 Å². The van der Waals surface area contributed by atoms with Crippen molar-refractivity contribution < 1.29 is 4.74 Å². The smallest absolute Gasteiger partial charge is 0.134 e. The number of alkyl halides is 1. The first-order valence-electron chi connectivity index (χ1n) is 5.51.